The van der Waals surface area contributed by atoms with E-state index in [1.807, 2.05) is 37.1 Å². The lowest BCUT2D eigenvalue weighted by Gasteiger charge is -2.35. The van der Waals surface area contributed by atoms with E-state index in [1.54, 1.807) is 6.08 Å². The van der Waals surface area contributed by atoms with E-state index < -0.39 is 0 Å². The molecule has 1 fully saturated rings. The topological polar surface area (TPSA) is 36.4 Å². The van der Waals surface area contributed by atoms with Crippen LogP contribution in [-0.2, 0) is 4.79 Å². The van der Waals surface area contributed by atoms with Crippen LogP contribution in [0, 0.1) is 5.92 Å². The number of amides is 1. The molecular weight excluding hydrogens is 274 g/mol. The van der Waals surface area contributed by atoms with Gasteiger partial charge in [-0.15, -0.1) is 0 Å². The number of nitrogens with zero attached hydrogens (tertiary/aromatic N) is 3. The zero-order valence-electron chi connectivity index (χ0n) is 14.0. The molecule has 120 valence electrons. The maximum absolute atomic E-state index is 12.2. The molecule has 0 aliphatic carbocycles. The molecule has 1 saturated heterocycles. The molecule has 1 amide bonds. The molecule has 0 saturated carbocycles. The zero-order valence-corrected chi connectivity index (χ0v) is 14.0. The maximum atomic E-state index is 12.2. The summed E-state index contributed by atoms with van der Waals surface area (Å²) >= 11 is 0. The van der Waals surface area contributed by atoms with Gasteiger partial charge in [0.2, 0.25) is 5.91 Å². The number of carbonyl (C=O) groups is 1. The van der Waals surface area contributed by atoms with E-state index in [0.717, 1.165) is 50.4 Å². The van der Waals surface area contributed by atoms with Gasteiger partial charge in [0, 0.05) is 38.5 Å². The summed E-state index contributed by atoms with van der Waals surface area (Å²) in [5, 5.41) is 0. The van der Waals surface area contributed by atoms with Gasteiger partial charge in [-0.1, -0.05) is 11.6 Å². The van der Waals surface area contributed by atoms with E-state index in [4.69, 9.17) is 0 Å². The van der Waals surface area contributed by atoms with Crippen LogP contribution in [0.3, 0.4) is 0 Å². The van der Waals surface area contributed by atoms with Gasteiger partial charge in [0.25, 0.3) is 0 Å². The van der Waals surface area contributed by atoms with Crippen molar-refractivity contribution in [3.8, 4) is 0 Å². The van der Waals surface area contributed by atoms with Gasteiger partial charge in [0.1, 0.15) is 5.82 Å². The minimum absolute atomic E-state index is 0.148. The van der Waals surface area contributed by atoms with Gasteiger partial charge in [-0.05, 0) is 51.7 Å². The van der Waals surface area contributed by atoms with Crippen LogP contribution in [0.4, 0.5) is 5.82 Å². The number of likely N-dealkylation sites (N-methyl/N-ethyl adjacent to an activating group) is 1. The van der Waals surface area contributed by atoms with Gasteiger partial charge in [-0.25, -0.2) is 4.98 Å². The highest BCUT2D eigenvalue weighted by Gasteiger charge is 2.23. The summed E-state index contributed by atoms with van der Waals surface area (Å²) in [6.45, 7) is 9.69. The van der Waals surface area contributed by atoms with E-state index in [2.05, 4.69) is 22.9 Å². The second-order valence-electron chi connectivity index (χ2n) is 6.22. The Hall–Kier alpha value is -1.84. The Bertz CT molecular complexity index is 500. The van der Waals surface area contributed by atoms with E-state index in [0.29, 0.717) is 5.92 Å². The predicted octanol–water partition coefficient (Wildman–Crippen LogP) is 3.11. The summed E-state index contributed by atoms with van der Waals surface area (Å²) in [5.74, 6) is 1.80. The molecule has 1 aromatic rings. The van der Waals surface area contributed by atoms with E-state index in [9.17, 15) is 4.79 Å². The van der Waals surface area contributed by atoms with Crippen molar-refractivity contribution in [2.45, 2.75) is 33.6 Å². The summed E-state index contributed by atoms with van der Waals surface area (Å²) in [7, 11) is 0. The number of carbonyl (C=O) groups excluding carboxylic acids is 1. The number of rotatable bonds is 5. The Morgan fingerprint density at radius 2 is 2.09 bits per heavy atom. The van der Waals surface area contributed by atoms with Gasteiger partial charge < -0.3 is 9.80 Å². The molecule has 2 rings (SSSR count). The van der Waals surface area contributed by atoms with Gasteiger partial charge >= 0.3 is 0 Å². The van der Waals surface area contributed by atoms with E-state index in [1.165, 1.54) is 0 Å². The minimum Gasteiger partial charge on any atom is -0.357 e. The molecule has 4 heteroatoms. The Labute approximate surface area is 133 Å². The van der Waals surface area contributed by atoms with Gasteiger partial charge in [-0.2, -0.15) is 0 Å². The first kappa shape index (κ1) is 16.5. The van der Waals surface area contributed by atoms with Gasteiger partial charge in [0.15, 0.2) is 0 Å². The quantitative estimate of drug-likeness (QED) is 0.784. The van der Waals surface area contributed by atoms with E-state index in [-0.39, 0.29) is 5.91 Å². The third-order valence-corrected chi connectivity index (χ3v) is 4.17. The van der Waals surface area contributed by atoms with Gasteiger partial charge in [-0.3, -0.25) is 4.79 Å². The number of anilines is 1. The average molecular weight is 301 g/mol. The summed E-state index contributed by atoms with van der Waals surface area (Å²) < 4.78 is 0. The molecule has 1 aromatic heterocycles. The molecule has 0 radical (unpaired) electrons. The highest BCUT2D eigenvalue weighted by Crippen LogP contribution is 2.22. The molecule has 4 nitrogen and oxygen atoms in total. The summed E-state index contributed by atoms with van der Waals surface area (Å²) in [5.41, 5.74) is 1.06. The van der Waals surface area contributed by atoms with Crippen LogP contribution >= 0.6 is 0 Å². The summed E-state index contributed by atoms with van der Waals surface area (Å²) in [6.07, 6.45) is 5.83. The van der Waals surface area contributed by atoms with Crippen LogP contribution in [-0.4, -0.2) is 42.0 Å². The van der Waals surface area contributed by atoms with Crippen molar-refractivity contribution in [2.75, 3.05) is 31.1 Å². The number of aromatic nitrogens is 1. The number of allylic oxidation sites excluding steroid dienone is 1. The number of pyridine rings is 1. The fourth-order valence-corrected chi connectivity index (χ4v) is 2.91. The molecule has 1 aliphatic rings. The van der Waals surface area contributed by atoms with Crippen LogP contribution in [0.1, 0.15) is 33.6 Å². The van der Waals surface area contributed by atoms with Crippen LogP contribution in [0.2, 0.25) is 0 Å². The molecule has 2 heterocycles. The van der Waals surface area contributed by atoms with Crippen molar-refractivity contribution in [1.82, 2.24) is 9.88 Å². The van der Waals surface area contributed by atoms with Crippen molar-refractivity contribution in [3.05, 3.63) is 36.0 Å². The summed E-state index contributed by atoms with van der Waals surface area (Å²) in [6, 6.07) is 6.05. The highest BCUT2D eigenvalue weighted by atomic mass is 16.2. The molecular formula is C18H27N3O. The standard InChI is InChI=1S/C18H27N3O/c1-4-20(18(22)13-15(2)3)14-16-8-11-21(12-9-16)17-7-5-6-10-19-17/h5-7,10,13,16H,4,8-9,11-12,14H2,1-3H3. The van der Waals surface area contributed by atoms with Crippen LogP contribution in [0.5, 0.6) is 0 Å². The number of hydrogen-bond donors (Lipinski definition) is 0. The van der Waals surface area contributed by atoms with Gasteiger partial charge in [0.05, 0.1) is 0 Å². The molecule has 0 aromatic carbocycles. The Balaban J connectivity index is 1.86. The van der Waals surface area contributed by atoms with Crippen LogP contribution in [0.25, 0.3) is 0 Å². The number of piperidine rings is 1. The van der Waals surface area contributed by atoms with Crippen molar-refractivity contribution < 1.29 is 4.79 Å². The van der Waals surface area contributed by atoms with Crippen molar-refractivity contribution in [2.24, 2.45) is 5.92 Å². The molecule has 22 heavy (non-hydrogen) atoms. The molecule has 0 unspecified atom stereocenters. The zero-order chi connectivity index (χ0) is 15.9. The maximum Gasteiger partial charge on any atom is 0.246 e. The Morgan fingerprint density at radius 1 is 1.36 bits per heavy atom. The molecule has 1 aliphatic heterocycles. The third-order valence-electron chi connectivity index (χ3n) is 4.17. The largest absolute Gasteiger partial charge is 0.357 e. The summed E-state index contributed by atoms with van der Waals surface area (Å²) in [4.78, 5) is 20.9. The monoisotopic (exact) mass is 301 g/mol. The lowest BCUT2D eigenvalue weighted by Crippen LogP contribution is -2.40. The van der Waals surface area contributed by atoms with Crippen molar-refractivity contribution >= 4 is 11.7 Å². The average Bonchev–Trinajstić information content (AvgIpc) is 2.53. The smallest absolute Gasteiger partial charge is 0.246 e. The Kier molecular flexibility index (Phi) is 5.99. The lowest BCUT2D eigenvalue weighted by molar-refractivity contribution is -0.126. The lowest BCUT2D eigenvalue weighted by atomic mass is 9.96. The first-order chi connectivity index (χ1) is 10.6. The minimum atomic E-state index is 0.148. The molecule has 0 atom stereocenters. The number of hydrogen-bond acceptors (Lipinski definition) is 3. The Morgan fingerprint density at radius 3 is 2.64 bits per heavy atom. The van der Waals surface area contributed by atoms with Crippen LogP contribution < -0.4 is 4.90 Å². The second kappa shape index (κ2) is 7.97. The fourth-order valence-electron chi connectivity index (χ4n) is 2.91. The SMILES string of the molecule is CCN(CC1CCN(c2ccccn2)CC1)C(=O)C=C(C)C. The van der Waals surface area contributed by atoms with Crippen LogP contribution in [0.15, 0.2) is 36.0 Å². The normalized spacial score (nSPS) is 15.5. The third kappa shape index (κ3) is 4.58. The first-order valence-corrected chi connectivity index (χ1v) is 8.20. The molecule has 0 spiro atoms. The first-order valence-electron chi connectivity index (χ1n) is 8.20. The van der Waals surface area contributed by atoms with Crippen molar-refractivity contribution in [3.63, 3.8) is 0 Å². The second-order valence-corrected chi connectivity index (χ2v) is 6.22. The van der Waals surface area contributed by atoms with E-state index >= 15 is 0 Å². The molecule has 0 bridgehead atoms. The fraction of sp³-hybridized carbons (Fsp3) is 0.556. The van der Waals surface area contributed by atoms with Crippen molar-refractivity contribution in [1.29, 1.82) is 0 Å². The molecule has 0 N–H and O–H groups in total. The predicted molar refractivity (Wildman–Crippen MR) is 90.9 cm³/mol. The highest BCUT2D eigenvalue weighted by molar-refractivity contribution is 5.88.